The molecule has 0 spiro atoms. The van der Waals surface area contributed by atoms with E-state index in [1.54, 1.807) is 26.2 Å². The molecule has 1 aromatic carbocycles. The van der Waals surface area contributed by atoms with E-state index in [2.05, 4.69) is 22.5 Å². The second-order valence-electron chi connectivity index (χ2n) is 7.56. The lowest BCUT2D eigenvalue weighted by Gasteiger charge is -2.41. The summed E-state index contributed by atoms with van der Waals surface area (Å²) in [5, 5.41) is 11.6. The number of rotatable bonds is 8. The van der Waals surface area contributed by atoms with Gasteiger partial charge in [-0.05, 0) is 42.4 Å². The number of hydrogen-bond acceptors (Lipinski definition) is 4. The third-order valence-electron chi connectivity index (χ3n) is 5.37. The van der Waals surface area contributed by atoms with Gasteiger partial charge in [0.2, 0.25) is 15.9 Å². The fourth-order valence-electron chi connectivity index (χ4n) is 3.05. The molecule has 28 heavy (non-hydrogen) atoms. The van der Waals surface area contributed by atoms with E-state index in [0.29, 0.717) is 17.9 Å². The smallest absolute Gasteiger partial charge is 0.241 e. The molecule has 1 aliphatic rings. The predicted octanol–water partition coefficient (Wildman–Crippen LogP) is 1.04. The first-order chi connectivity index (χ1) is 13.1. The summed E-state index contributed by atoms with van der Waals surface area (Å²) in [4.78, 5) is 18.0. The third kappa shape index (κ3) is 6.20. The van der Waals surface area contributed by atoms with Crippen LogP contribution in [0.3, 0.4) is 0 Å². The van der Waals surface area contributed by atoms with Crippen LogP contribution in [0.2, 0.25) is 0 Å². The Morgan fingerprint density at radius 2 is 1.86 bits per heavy atom. The van der Waals surface area contributed by atoms with Gasteiger partial charge in [-0.2, -0.15) is 0 Å². The maximum atomic E-state index is 11.9. The van der Waals surface area contributed by atoms with Crippen molar-refractivity contribution in [3.8, 4) is 0 Å². The van der Waals surface area contributed by atoms with Gasteiger partial charge in [-0.15, -0.1) is 0 Å². The van der Waals surface area contributed by atoms with E-state index >= 15 is 0 Å². The summed E-state index contributed by atoms with van der Waals surface area (Å²) in [5.74, 6) is 0.534. The monoisotopic (exact) mass is 409 g/mol. The summed E-state index contributed by atoms with van der Waals surface area (Å²) >= 11 is 0. The van der Waals surface area contributed by atoms with Gasteiger partial charge in [0.1, 0.15) is 0 Å². The molecule has 1 amide bonds. The van der Waals surface area contributed by atoms with Crippen molar-refractivity contribution < 1.29 is 13.2 Å². The number of likely N-dealkylation sites (N-methyl/N-ethyl adjacent to an activating group) is 1. The van der Waals surface area contributed by atoms with Crippen LogP contribution in [0.4, 0.5) is 0 Å². The summed E-state index contributed by atoms with van der Waals surface area (Å²) in [6.07, 6.45) is 4.77. The molecule has 0 heterocycles. The molecule has 0 unspecified atom stereocenters. The molecule has 4 N–H and O–H groups in total. The number of hydrogen-bond donors (Lipinski definition) is 3. The van der Waals surface area contributed by atoms with E-state index < -0.39 is 10.0 Å². The Morgan fingerprint density at radius 1 is 1.21 bits per heavy atom. The Bertz CT molecular complexity index is 794. The van der Waals surface area contributed by atoms with E-state index in [4.69, 9.17) is 5.14 Å². The molecular weight excluding hydrogens is 378 g/mol. The first-order valence-electron chi connectivity index (χ1n) is 9.49. The van der Waals surface area contributed by atoms with E-state index in [-0.39, 0.29) is 17.3 Å². The van der Waals surface area contributed by atoms with Crippen molar-refractivity contribution in [3.63, 3.8) is 0 Å². The number of nitrogens with one attached hydrogen (secondary N) is 2. The van der Waals surface area contributed by atoms with Gasteiger partial charge in [0.25, 0.3) is 0 Å². The van der Waals surface area contributed by atoms with Crippen LogP contribution in [0.5, 0.6) is 0 Å². The Balaban J connectivity index is 2.04. The van der Waals surface area contributed by atoms with Crippen LogP contribution >= 0.6 is 0 Å². The predicted molar refractivity (Wildman–Crippen MR) is 110 cm³/mol. The fraction of sp³-hybridized carbons (Fsp3) is 0.579. The second kappa shape index (κ2) is 9.38. The van der Waals surface area contributed by atoms with Crippen molar-refractivity contribution in [1.29, 1.82) is 0 Å². The van der Waals surface area contributed by atoms with Gasteiger partial charge in [-0.1, -0.05) is 25.5 Å². The molecule has 1 aliphatic carbocycles. The number of nitrogens with two attached hydrogens (primary N) is 1. The average Bonchev–Trinajstić information content (AvgIpc) is 2.61. The Morgan fingerprint density at radius 3 is 2.32 bits per heavy atom. The van der Waals surface area contributed by atoms with Crippen LogP contribution in [0.1, 0.15) is 38.2 Å². The molecule has 0 atom stereocenters. The highest BCUT2D eigenvalue weighted by Crippen LogP contribution is 2.42. The maximum Gasteiger partial charge on any atom is 0.241 e. The van der Waals surface area contributed by atoms with Gasteiger partial charge >= 0.3 is 0 Å². The van der Waals surface area contributed by atoms with E-state index in [1.807, 2.05) is 0 Å². The topological polar surface area (TPSA) is 117 Å². The molecule has 0 bridgehead atoms. The third-order valence-corrected chi connectivity index (χ3v) is 6.30. The number of aliphatic imine (C=N–C) groups is 1. The van der Waals surface area contributed by atoms with Crippen LogP contribution in [0, 0.1) is 5.41 Å². The molecule has 2 rings (SSSR count). The van der Waals surface area contributed by atoms with Gasteiger partial charge in [0.15, 0.2) is 5.96 Å². The summed E-state index contributed by atoms with van der Waals surface area (Å²) < 4.78 is 22.7. The van der Waals surface area contributed by atoms with Crippen molar-refractivity contribution in [2.45, 2.75) is 44.0 Å². The minimum absolute atomic E-state index is 0.0409. The zero-order chi connectivity index (χ0) is 20.8. The first kappa shape index (κ1) is 22.2. The quantitative estimate of drug-likeness (QED) is 0.438. The zero-order valence-corrected chi connectivity index (χ0v) is 17.7. The van der Waals surface area contributed by atoms with Crippen molar-refractivity contribution >= 4 is 21.9 Å². The lowest BCUT2D eigenvalue weighted by molar-refractivity contribution is -0.127. The minimum atomic E-state index is -3.70. The molecule has 156 valence electrons. The van der Waals surface area contributed by atoms with Gasteiger partial charge in [0.05, 0.1) is 18.0 Å². The van der Waals surface area contributed by atoms with Crippen LogP contribution in [-0.2, 0) is 21.4 Å². The second-order valence-corrected chi connectivity index (χ2v) is 9.12. The van der Waals surface area contributed by atoms with Gasteiger partial charge in [0, 0.05) is 20.6 Å². The molecule has 0 saturated heterocycles. The lowest BCUT2D eigenvalue weighted by atomic mass is 9.67. The van der Waals surface area contributed by atoms with Crippen molar-refractivity contribution in [3.05, 3.63) is 29.8 Å². The standard InChI is InChI=1S/C19H31N5O3S/c1-4-19(10-5-11-19)14-23-18(22-13-17(25)24(2)3)21-12-15-6-8-16(9-7-15)28(20,26)27/h6-9H,4-5,10-14H2,1-3H3,(H2,20,26,27)(H2,21,22,23). The zero-order valence-electron chi connectivity index (χ0n) is 16.9. The highest BCUT2D eigenvalue weighted by Gasteiger charge is 2.34. The number of sulfonamides is 1. The highest BCUT2D eigenvalue weighted by molar-refractivity contribution is 7.89. The highest BCUT2D eigenvalue weighted by atomic mass is 32.2. The number of guanidine groups is 1. The molecule has 9 heteroatoms. The molecule has 0 aromatic heterocycles. The molecule has 1 saturated carbocycles. The van der Waals surface area contributed by atoms with Crippen LogP contribution in [0.15, 0.2) is 34.2 Å². The molecular formula is C19H31N5O3S. The van der Waals surface area contributed by atoms with E-state index in [9.17, 15) is 13.2 Å². The molecule has 0 radical (unpaired) electrons. The van der Waals surface area contributed by atoms with Crippen molar-refractivity contribution in [2.75, 3.05) is 27.2 Å². The Hall–Kier alpha value is -2.13. The molecule has 8 nitrogen and oxygen atoms in total. The fourth-order valence-corrected chi connectivity index (χ4v) is 3.57. The summed E-state index contributed by atoms with van der Waals surface area (Å²) in [6, 6.07) is 6.31. The minimum Gasteiger partial charge on any atom is -0.356 e. The molecule has 1 fully saturated rings. The van der Waals surface area contributed by atoms with Crippen molar-refractivity contribution in [2.24, 2.45) is 15.5 Å². The largest absolute Gasteiger partial charge is 0.356 e. The number of amides is 1. The Labute approximate surface area is 167 Å². The van der Waals surface area contributed by atoms with Gasteiger partial charge < -0.3 is 15.5 Å². The number of carbonyl (C=O) groups is 1. The average molecular weight is 410 g/mol. The Kier molecular flexibility index (Phi) is 7.42. The van der Waals surface area contributed by atoms with Crippen LogP contribution < -0.4 is 15.8 Å². The van der Waals surface area contributed by atoms with E-state index in [1.165, 1.54) is 36.3 Å². The van der Waals surface area contributed by atoms with Crippen molar-refractivity contribution in [1.82, 2.24) is 15.5 Å². The SMILES string of the molecule is CCC1(CNC(=NCc2ccc(S(N)(=O)=O)cc2)NCC(=O)N(C)C)CCC1. The lowest BCUT2D eigenvalue weighted by Crippen LogP contribution is -2.48. The number of benzene rings is 1. The normalized spacial score (nSPS) is 16.2. The summed E-state index contributed by atoms with van der Waals surface area (Å²) in [5.41, 5.74) is 1.16. The first-order valence-corrected chi connectivity index (χ1v) is 11.0. The molecule has 0 aliphatic heterocycles. The van der Waals surface area contributed by atoms with Gasteiger partial charge in [-0.3, -0.25) is 4.79 Å². The molecule has 1 aromatic rings. The van der Waals surface area contributed by atoms with E-state index in [0.717, 1.165) is 18.5 Å². The maximum absolute atomic E-state index is 11.9. The van der Waals surface area contributed by atoms with Crippen LogP contribution in [0.25, 0.3) is 0 Å². The number of primary sulfonamides is 1. The summed E-state index contributed by atoms with van der Waals surface area (Å²) in [7, 11) is -0.284. The number of carbonyl (C=O) groups excluding carboxylic acids is 1. The number of nitrogens with zero attached hydrogens (tertiary/aromatic N) is 2. The van der Waals surface area contributed by atoms with Gasteiger partial charge in [-0.25, -0.2) is 18.5 Å². The van der Waals surface area contributed by atoms with Crippen LogP contribution in [-0.4, -0.2) is 52.4 Å². The summed E-state index contributed by atoms with van der Waals surface area (Å²) in [6.45, 7) is 3.53.